The summed E-state index contributed by atoms with van der Waals surface area (Å²) in [5.41, 5.74) is 0.357. The molecule has 1 aromatic rings. The Morgan fingerprint density at radius 2 is 1.88 bits per heavy atom. The number of carbonyl (C=O) groups is 1. The number of carbonyl (C=O) groups excluding carboxylic acids is 1. The quantitative estimate of drug-likeness (QED) is 0.792. The van der Waals surface area contributed by atoms with Crippen LogP contribution in [0.5, 0.6) is 0 Å². The lowest BCUT2D eigenvalue weighted by Gasteiger charge is -2.21. The Bertz CT molecular complexity index is 389. The highest BCUT2D eigenvalue weighted by atomic mass is 19.1. The van der Waals surface area contributed by atoms with Crippen molar-refractivity contribution in [2.75, 3.05) is 26.3 Å². The number of benzene rings is 1. The summed E-state index contributed by atoms with van der Waals surface area (Å²) >= 11 is 0. The minimum absolute atomic E-state index is 0.0353. The number of amides is 1. The van der Waals surface area contributed by atoms with Gasteiger partial charge in [0, 0.05) is 13.1 Å². The zero-order chi connectivity index (χ0) is 12.8. The second kappa shape index (κ2) is 6.32. The highest BCUT2D eigenvalue weighted by molar-refractivity contribution is 5.94. The van der Waals surface area contributed by atoms with Gasteiger partial charge in [-0.25, -0.2) is 4.39 Å². The predicted molar refractivity (Wildman–Crippen MR) is 61.2 cm³/mol. The van der Waals surface area contributed by atoms with Crippen LogP contribution in [0.4, 0.5) is 4.39 Å². The largest absolute Gasteiger partial charge is 0.395 e. The molecular formula is C12H16FNO3. The van der Waals surface area contributed by atoms with E-state index in [4.69, 9.17) is 10.2 Å². The summed E-state index contributed by atoms with van der Waals surface area (Å²) < 4.78 is 13.7. The Labute approximate surface area is 99.3 Å². The van der Waals surface area contributed by atoms with Gasteiger partial charge in [-0.3, -0.25) is 4.79 Å². The van der Waals surface area contributed by atoms with Crippen molar-refractivity contribution in [3.05, 3.63) is 35.1 Å². The molecular weight excluding hydrogens is 225 g/mol. The first-order chi connectivity index (χ1) is 8.11. The molecule has 1 rings (SSSR count). The fourth-order valence-corrected chi connectivity index (χ4v) is 1.54. The van der Waals surface area contributed by atoms with Crippen molar-refractivity contribution < 1.29 is 19.4 Å². The molecule has 0 spiro atoms. The Morgan fingerprint density at radius 1 is 1.29 bits per heavy atom. The third-order valence-electron chi connectivity index (χ3n) is 2.45. The van der Waals surface area contributed by atoms with E-state index in [9.17, 15) is 9.18 Å². The van der Waals surface area contributed by atoms with Gasteiger partial charge in [0.1, 0.15) is 5.82 Å². The van der Waals surface area contributed by atoms with E-state index in [1.54, 1.807) is 19.1 Å². The summed E-state index contributed by atoms with van der Waals surface area (Å²) in [6.07, 6.45) is 0. The average Bonchev–Trinajstić information content (AvgIpc) is 2.31. The Balaban J connectivity index is 2.96. The molecule has 4 nitrogen and oxygen atoms in total. The maximum absolute atomic E-state index is 13.7. The molecule has 0 aromatic heterocycles. The monoisotopic (exact) mass is 241 g/mol. The third kappa shape index (κ3) is 3.25. The van der Waals surface area contributed by atoms with Gasteiger partial charge < -0.3 is 15.1 Å². The van der Waals surface area contributed by atoms with E-state index in [2.05, 4.69) is 0 Å². The second-order valence-electron chi connectivity index (χ2n) is 3.68. The van der Waals surface area contributed by atoms with Crippen LogP contribution < -0.4 is 0 Å². The third-order valence-corrected chi connectivity index (χ3v) is 2.45. The second-order valence-corrected chi connectivity index (χ2v) is 3.68. The maximum Gasteiger partial charge on any atom is 0.256 e. The molecule has 94 valence electrons. The molecule has 0 saturated heterocycles. The number of hydrogen-bond donors (Lipinski definition) is 2. The smallest absolute Gasteiger partial charge is 0.256 e. The van der Waals surface area contributed by atoms with Crippen molar-refractivity contribution in [1.29, 1.82) is 0 Å². The van der Waals surface area contributed by atoms with Crippen molar-refractivity contribution in [3.8, 4) is 0 Å². The minimum Gasteiger partial charge on any atom is -0.395 e. The van der Waals surface area contributed by atoms with E-state index in [0.717, 1.165) is 0 Å². The Kier molecular flexibility index (Phi) is 5.06. The van der Waals surface area contributed by atoms with Crippen LogP contribution in [0.25, 0.3) is 0 Å². The van der Waals surface area contributed by atoms with Crippen LogP contribution in [0.3, 0.4) is 0 Å². The lowest BCUT2D eigenvalue weighted by atomic mass is 10.1. The van der Waals surface area contributed by atoms with Gasteiger partial charge in [0.2, 0.25) is 0 Å². The average molecular weight is 241 g/mol. The van der Waals surface area contributed by atoms with Gasteiger partial charge in [-0.2, -0.15) is 0 Å². The number of halogens is 1. The minimum atomic E-state index is -0.557. The van der Waals surface area contributed by atoms with Crippen molar-refractivity contribution in [2.24, 2.45) is 0 Å². The molecule has 0 aliphatic carbocycles. The Morgan fingerprint density at radius 3 is 2.41 bits per heavy atom. The molecule has 1 amide bonds. The molecule has 0 atom stereocenters. The van der Waals surface area contributed by atoms with E-state index in [-0.39, 0.29) is 31.9 Å². The molecule has 0 heterocycles. The topological polar surface area (TPSA) is 60.8 Å². The van der Waals surface area contributed by atoms with Crippen LogP contribution in [0, 0.1) is 12.7 Å². The lowest BCUT2D eigenvalue weighted by Crippen LogP contribution is -2.36. The molecule has 5 heteroatoms. The molecule has 0 aliphatic rings. The molecule has 0 fully saturated rings. The molecule has 0 saturated carbocycles. The van der Waals surface area contributed by atoms with Gasteiger partial charge in [-0.05, 0) is 18.6 Å². The number of rotatable bonds is 5. The van der Waals surface area contributed by atoms with Gasteiger partial charge in [-0.1, -0.05) is 12.1 Å². The number of aryl methyl sites for hydroxylation is 1. The Hall–Kier alpha value is -1.46. The van der Waals surface area contributed by atoms with Crippen LogP contribution in [-0.4, -0.2) is 47.3 Å². The highest BCUT2D eigenvalue weighted by Crippen LogP contribution is 2.14. The number of nitrogens with zero attached hydrogens (tertiary/aromatic N) is 1. The van der Waals surface area contributed by atoms with Crippen molar-refractivity contribution in [2.45, 2.75) is 6.92 Å². The summed E-state index contributed by atoms with van der Waals surface area (Å²) in [6, 6.07) is 4.57. The fraction of sp³-hybridized carbons (Fsp3) is 0.417. The van der Waals surface area contributed by atoms with Crippen molar-refractivity contribution >= 4 is 5.91 Å². The van der Waals surface area contributed by atoms with E-state index in [1.807, 2.05) is 0 Å². The van der Waals surface area contributed by atoms with Gasteiger partial charge in [0.05, 0.1) is 18.8 Å². The zero-order valence-electron chi connectivity index (χ0n) is 9.69. The van der Waals surface area contributed by atoms with Crippen LogP contribution in [-0.2, 0) is 0 Å². The summed E-state index contributed by atoms with van der Waals surface area (Å²) in [5, 5.41) is 17.6. The molecule has 2 N–H and O–H groups in total. The lowest BCUT2D eigenvalue weighted by molar-refractivity contribution is 0.0680. The van der Waals surface area contributed by atoms with Crippen molar-refractivity contribution in [3.63, 3.8) is 0 Å². The van der Waals surface area contributed by atoms with Crippen LogP contribution in [0.1, 0.15) is 15.9 Å². The van der Waals surface area contributed by atoms with E-state index in [1.165, 1.54) is 11.0 Å². The predicted octanol–water partition coefficient (Wildman–Crippen LogP) is 0.561. The number of hydrogen-bond acceptors (Lipinski definition) is 3. The summed E-state index contributed by atoms with van der Waals surface area (Å²) in [5.74, 6) is -1.08. The molecule has 0 aliphatic heterocycles. The van der Waals surface area contributed by atoms with Gasteiger partial charge in [-0.15, -0.1) is 0 Å². The zero-order valence-corrected chi connectivity index (χ0v) is 9.69. The van der Waals surface area contributed by atoms with Gasteiger partial charge in [0.15, 0.2) is 0 Å². The molecule has 0 radical (unpaired) electrons. The molecule has 0 bridgehead atoms. The molecule has 0 unspecified atom stereocenters. The summed E-state index contributed by atoms with van der Waals surface area (Å²) in [7, 11) is 0. The fourth-order valence-electron chi connectivity index (χ4n) is 1.54. The van der Waals surface area contributed by atoms with E-state index in [0.29, 0.717) is 5.56 Å². The van der Waals surface area contributed by atoms with E-state index >= 15 is 0 Å². The van der Waals surface area contributed by atoms with E-state index < -0.39 is 11.7 Å². The highest BCUT2D eigenvalue weighted by Gasteiger charge is 2.19. The molecule has 17 heavy (non-hydrogen) atoms. The molecule has 1 aromatic carbocycles. The number of aliphatic hydroxyl groups excluding tert-OH is 2. The summed E-state index contributed by atoms with van der Waals surface area (Å²) in [4.78, 5) is 13.2. The first-order valence-electron chi connectivity index (χ1n) is 5.38. The van der Waals surface area contributed by atoms with Gasteiger partial charge in [0.25, 0.3) is 5.91 Å². The van der Waals surface area contributed by atoms with Crippen molar-refractivity contribution in [1.82, 2.24) is 4.90 Å². The first-order valence-corrected chi connectivity index (χ1v) is 5.38. The standard InChI is InChI=1S/C12H16FNO3/c1-9-3-2-4-10(11(9)13)12(17)14(5-7-15)6-8-16/h2-4,15-16H,5-8H2,1H3. The van der Waals surface area contributed by atoms with Crippen LogP contribution in [0.15, 0.2) is 18.2 Å². The normalized spacial score (nSPS) is 10.4. The SMILES string of the molecule is Cc1cccc(C(=O)N(CCO)CCO)c1F. The van der Waals surface area contributed by atoms with Gasteiger partial charge >= 0.3 is 0 Å². The van der Waals surface area contributed by atoms with Crippen LogP contribution in [0.2, 0.25) is 0 Å². The first kappa shape index (κ1) is 13.6. The van der Waals surface area contributed by atoms with Crippen LogP contribution >= 0.6 is 0 Å². The summed E-state index contributed by atoms with van der Waals surface area (Å²) in [6.45, 7) is 1.28. The number of aliphatic hydroxyl groups is 2. The maximum atomic E-state index is 13.7.